The third kappa shape index (κ3) is 1.46. The number of carbonyl (C=O) groups is 1. The first-order valence-electron chi connectivity index (χ1n) is 5.24. The van der Waals surface area contributed by atoms with Crippen molar-refractivity contribution >= 4 is 5.97 Å². The summed E-state index contributed by atoms with van der Waals surface area (Å²) >= 11 is 0. The molecule has 1 atom stereocenters. The third-order valence-corrected chi connectivity index (χ3v) is 3.04. The third-order valence-electron chi connectivity index (χ3n) is 3.04. The van der Waals surface area contributed by atoms with Crippen molar-refractivity contribution in [3.05, 3.63) is 29.8 Å². The van der Waals surface area contributed by atoms with Gasteiger partial charge in [-0.25, -0.2) is 4.79 Å². The monoisotopic (exact) mass is 221 g/mol. The number of likely N-dealkylation sites (N-methyl/N-ethyl adjacent to an activating group) is 1. The molecule has 0 spiro atoms. The summed E-state index contributed by atoms with van der Waals surface area (Å²) in [5, 5.41) is 3.07. The summed E-state index contributed by atoms with van der Waals surface area (Å²) in [6, 6.07) is 7.54. The Balaban J connectivity index is 2.53. The van der Waals surface area contributed by atoms with Crippen LogP contribution in [0.4, 0.5) is 0 Å². The molecule has 0 aliphatic carbocycles. The van der Waals surface area contributed by atoms with Gasteiger partial charge in [-0.15, -0.1) is 0 Å². The first kappa shape index (κ1) is 11.0. The molecular formula is C12H15NO3. The average Bonchev–Trinajstić information content (AvgIpc) is 2.37. The molecule has 0 saturated heterocycles. The van der Waals surface area contributed by atoms with Gasteiger partial charge in [0.15, 0.2) is 0 Å². The molecule has 1 N–H and O–H groups in total. The predicted octanol–water partition coefficient (Wildman–Crippen LogP) is 1.06. The van der Waals surface area contributed by atoms with Gasteiger partial charge in [0, 0.05) is 12.0 Å². The Bertz CT molecular complexity index is 405. The summed E-state index contributed by atoms with van der Waals surface area (Å²) < 4.78 is 10.4. The first-order valence-corrected chi connectivity index (χ1v) is 5.24. The van der Waals surface area contributed by atoms with Gasteiger partial charge in [-0.3, -0.25) is 0 Å². The molecule has 4 heteroatoms. The van der Waals surface area contributed by atoms with E-state index in [0.29, 0.717) is 13.0 Å². The number of hydrogen-bond acceptors (Lipinski definition) is 4. The lowest BCUT2D eigenvalue weighted by molar-refractivity contribution is -0.150. The van der Waals surface area contributed by atoms with E-state index < -0.39 is 5.54 Å². The summed E-state index contributed by atoms with van der Waals surface area (Å²) in [5.41, 5.74) is 0.0689. The van der Waals surface area contributed by atoms with Gasteiger partial charge in [0.05, 0.1) is 13.7 Å². The Morgan fingerprint density at radius 3 is 2.94 bits per heavy atom. The Hall–Kier alpha value is -1.55. The lowest BCUT2D eigenvalue weighted by Gasteiger charge is -2.35. The molecule has 86 valence electrons. The van der Waals surface area contributed by atoms with Crippen LogP contribution in [0.1, 0.15) is 12.0 Å². The van der Waals surface area contributed by atoms with Crippen molar-refractivity contribution < 1.29 is 14.3 Å². The smallest absolute Gasteiger partial charge is 0.330 e. The Morgan fingerprint density at radius 2 is 2.25 bits per heavy atom. The van der Waals surface area contributed by atoms with E-state index in [1.165, 1.54) is 7.11 Å². The molecule has 0 radical (unpaired) electrons. The van der Waals surface area contributed by atoms with E-state index in [2.05, 4.69) is 5.32 Å². The molecule has 1 heterocycles. The zero-order valence-corrected chi connectivity index (χ0v) is 9.45. The number of hydrogen-bond donors (Lipinski definition) is 1. The van der Waals surface area contributed by atoms with Gasteiger partial charge in [-0.05, 0) is 13.1 Å². The lowest BCUT2D eigenvalue weighted by Crippen LogP contribution is -2.51. The van der Waals surface area contributed by atoms with Crippen LogP contribution in [-0.2, 0) is 15.1 Å². The van der Waals surface area contributed by atoms with E-state index in [9.17, 15) is 4.79 Å². The molecule has 16 heavy (non-hydrogen) atoms. The molecule has 1 aromatic rings. The number of methoxy groups -OCH3 is 1. The fourth-order valence-corrected chi connectivity index (χ4v) is 2.14. The summed E-state index contributed by atoms with van der Waals surface area (Å²) in [7, 11) is 3.17. The molecule has 0 amide bonds. The minimum Gasteiger partial charge on any atom is -0.493 e. The SMILES string of the molecule is CNC1(C(=O)OC)CCOc2ccccc21. The van der Waals surface area contributed by atoms with Crippen LogP contribution in [0, 0.1) is 0 Å². The number of esters is 1. The first-order chi connectivity index (χ1) is 7.74. The van der Waals surface area contributed by atoms with Gasteiger partial charge >= 0.3 is 5.97 Å². The number of fused-ring (bicyclic) bond motifs is 1. The topological polar surface area (TPSA) is 47.6 Å². The minimum absolute atomic E-state index is 0.272. The van der Waals surface area contributed by atoms with Crippen molar-refractivity contribution in [1.82, 2.24) is 5.32 Å². The largest absolute Gasteiger partial charge is 0.493 e. The summed E-state index contributed by atoms with van der Waals surface area (Å²) in [5.74, 6) is 0.472. The fourth-order valence-electron chi connectivity index (χ4n) is 2.14. The van der Waals surface area contributed by atoms with Gasteiger partial charge in [-0.2, -0.15) is 0 Å². The van der Waals surface area contributed by atoms with Crippen molar-refractivity contribution in [3.63, 3.8) is 0 Å². The number of carbonyl (C=O) groups excluding carboxylic acids is 1. The van der Waals surface area contributed by atoms with Crippen LogP contribution >= 0.6 is 0 Å². The molecule has 0 fully saturated rings. The van der Waals surface area contributed by atoms with E-state index >= 15 is 0 Å². The summed E-state index contributed by atoms with van der Waals surface area (Å²) in [6.45, 7) is 0.507. The zero-order chi connectivity index (χ0) is 11.6. The van der Waals surface area contributed by atoms with E-state index in [0.717, 1.165) is 11.3 Å². The Morgan fingerprint density at radius 1 is 1.50 bits per heavy atom. The minimum atomic E-state index is -0.774. The number of nitrogens with one attached hydrogen (secondary N) is 1. The van der Waals surface area contributed by atoms with Crippen LogP contribution in [0.2, 0.25) is 0 Å². The van der Waals surface area contributed by atoms with Gasteiger partial charge in [-0.1, -0.05) is 18.2 Å². The number of benzene rings is 1. The summed E-state index contributed by atoms with van der Waals surface area (Å²) in [6.07, 6.45) is 0.577. The highest BCUT2D eigenvalue weighted by molar-refractivity contribution is 5.84. The quantitative estimate of drug-likeness (QED) is 0.758. The molecule has 4 nitrogen and oxygen atoms in total. The van der Waals surface area contributed by atoms with Crippen molar-refractivity contribution in [3.8, 4) is 5.75 Å². The molecule has 1 aliphatic rings. The summed E-state index contributed by atoms with van der Waals surface area (Å²) in [4.78, 5) is 11.9. The van der Waals surface area contributed by atoms with Gasteiger partial charge in [0.25, 0.3) is 0 Å². The molecule has 1 unspecified atom stereocenters. The molecular weight excluding hydrogens is 206 g/mol. The molecule has 1 aromatic carbocycles. The average molecular weight is 221 g/mol. The Labute approximate surface area is 94.6 Å². The Kier molecular flexibility index (Phi) is 2.83. The van der Waals surface area contributed by atoms with Crippen molar-refractivity contribution in [2.45, 2.75) is 12.0 Å². The van der Waals surface area contributed by atoms with Crippen LogP contribution < -0.4 is 10.1 Å². The number of para-hydroxylation sites is 1. The second-order valence-corrected chi connectivity index (χ2v) is 3.74. The van der Waals surface area contributed by atoms with Crippen molar-refractivity contribution in [2.75, 3.05) is 20.8 Å². The predicted molar refractivity (Wildman–Crippen MR) is 59.3 cm³/mol. The number of ether oxygens (including phenoxy) is 2. The lowest BCUT2D eigenvalue weighted by atomic mass is 9.84. The van der Waals surface area contributed by atoms with Gasteiger partial charge < -0.3 is 14.8 Å². The standard InChI is InChI=1S/C12H15NO3/c1-13-12(11(14)15-2)7-8-16-10-6-4-3-5-9(10)12/h3-6,13H,7-8H2,1-2H3. The van der Waals surface area contributed by atoms with E-state index in [-0.39, 0.29) is 5.97 Å². The fraction of sp³-hybridized carbons (Fsp3) is 0.417. The second-order valence-electron chi connectivity index (χ2n) is 3.74. The van der Waals surface area contributed by atoms with E-state index in [4.69, 9.17) is 9.47 Å². The van der Waals surface area contributed by atoms with Crippen LogP contribution in [-0.4, -0.2) is 26.7 Å². The highest BCUT2D eigenvalue weighted by atomic mass is 16.5. The molecule has 0 bridgehead atoms. The highest BCUT2D eigenvalue weighted by Gasteiger charge is 2.44. The van der Waals surface area contributed by atoms with Crippen LogP contribution in [0.25, 0.3) is 0 Å². The highest BCUT2D eigenvalue weighted by Crippen LogP contribution is 2.37. The van der Waals surface area contributed by atoms with Crippen LogP contribution in [0.3, 0.4) is 0 Å². The second kappa shape index (κ2) is 4.14. The molecule has 1 aliphatic heterocycles. The molecule has 2 rings (SSSR count). The van der Waals surface area contributed by atoms with Crippen molar-refractivity contribution in [2.24, 2.45) is 0 Å². The van der Waals surface area contributed by atoms with Crippen molar-refractivity contribution in [1.29, 1.82) is 0 Å². The van der Waals surface area contributed by atoms with Gasteiger partial charge in [0.1, 0.15) is 11.3 Å². The van der Waals surface area contributed by atoms with Crippen LogP contribution in [0.5, 0.6) is 5.75 Å². The van der Waals surface area contributed by atoms with Crippen LogP contribution in [0.15, 0.2) is 24.3 Å². The van der Waals surface area contributed by atoms with Gasteiger partial charge in [0.2, 0.25) is 0 Å². The normalized spacial score (nSPS) is 23.1. The van der Waals surface area contributed by atoms with E-state index in [1.54, 1.807) is 7.05 Å². The maximum absolute atomic E-state index is 11.9. The zero-order valence-electron chi connectivity index (χ0n) is 9.45. The van der Waals surface area contributed by atoms with E-state index in [1.807, 2.05) is 24.3 Å². The molecule has 0 saturated carbocycles. The maximum Gasteiger partial charge on any atom is 0.330 e. The number of rotatable bonds is 2. The molecule has 0 aromatic heterocycles. The maximum atomic E-state index is 11.9.